The minimum Gasteiger partial charge on any atom is -0.487 e. The maximum atomic E-state index is 13.5. The molecule has 2 aromatic carbocycles. The summed E-state index contributed by atoms with van der Waals surface area (Å²) in [6.07, 6.45) is 1.30. The molecule has 0 bridgehead atoms. The van der Waals surface area contributed by atoms with Crippen molar-refractivity contribution in [2.24, 2.45) is 0 Å². The smallest absolute Gasteiger partial charge is 0.340 e. The summed E-state index contributed by atoms with van der Waals surface area (Å²) in [4.78, 5) is 24.9. The van der Waals surface area contributed by atoms with E-state index >= 15 is 0 Å². The van der Waals surface area contributed by atoms with Crippen molar-refractivity contribution in [3.63, 3.8) is 0 Å². The van der Waals surface area contributed by atoms with Crippen LogP contribution in [0, 0.1) is 5.82 Å². The Morgan fingerprint density at radius 3 is 2.36 bits per heavy atom. The zero-order chi connectivity index (χ0) is 28.3. The molecule has 0 spiro atoms. The topological polar surface area (TPSA) is 131 Å². The van der Waals surface area contributed by atoms with E-state index in [4.69, 9.17) is 9.47 Å². The van der Waals surface area contributed by atoms with E-state index in [0.29, 0.717) is 5.56 Å². The molecule has 2 heterocycles. The molecule has 0 aliphatic rings. The van der Waals surface area contributed by atoms with E-state index in [1.54, 1.807) is 20.8 Å². The highest BCUT2D eigenvalue weighted by atomic mass is 32.2. The molecule has 4 rings (SSSR count). The number of ether oxygens (including phenoxy) is 2. The number of esters is 1. The van der Waals surface area contributed by atoms with Gasteiger partial charge in [-0.25, -0.2) is 17.9 Å². The van der Waals surface area contributed by atoms with Crippen LogP contribution >= 0.6 is 0 Å². The van der Waals surface area contributed by atoms with Crippen LogP contribution in [0.15, 0.2) is 66.9 Å². The van der Waals surface area contributed by atoms with E-state index in [9.17, 15) is 27.8 Å². The fourth-order valence-corrected chi connectivity index (χ4v) is 4.36. The van der Waals surface area contributed by atoms with Gasteiger partial charge < -0.3 is 14.6 Å². The summed E-state index contributed by atoms with van der Waals surface area (Å²) in [6.45, 7) is 4.44. The Morgan fingerprint density at radius 2 is 1.77 bits per heavy atom. The second kappa shape index (κ2) is 11.2. The molecular formula is C27H26FN3O7S. The number of nitrogens with zero attached hydrogens (tertiary/aromatic N) is 3. The van der Waals surface area contributed by atoms with Gasteiger partial charge in [-0.3, -0.25) is 13.7 Å². The predicted molar refractivity (Wildman–Crippen MR) is 142 cm³/mol. The first-order valence-corrected chi connectivity index (χ1v) is 12.8. The molecule has 0 amide bonds. The van der Waals surface area contributed by atoms with E-state index in [2.05, 4.69) is 5.10 Å². The molecule has 0 aliphatic heterocycles. The number of aromatic nitrogens is 2. The largest absolute Gasteiger partial charge is 0.487 e. The summed E-state index contributed by atoms with van der Waals surface area (Å²) >= 11 is -2.70. The van der Waals surface area contributed by atoms with Gasteiger partial charge in [-0.2, -0.15) is 5.10 Å². The molecule has 0 saturated heterocycles. The van der Waals surface area contributed by atoms with Gasteiger partial charge in [0.2, 0.25) is 0 Å². The number of halogens is 1. The molecule has 204 valence electrons. The molecule has 0 aliphatic carbocycles. The lowest BCUT2D eigenvalue weighted by Crippen LogP contribution is -2.36. The Kier molecular flexibility index (Phi) is 7.98. The summed E-state index contributed by atoms with van der Waals surface area (Å²) in [7, 11) is 0. The summed E-state index contributed by atoms with van der Waals surface area (Å²) < 4.78 is 49.4. The molecule has 1 atom stereocenters. The van der Waals surface area contributed by atoms with Crippen LogP contribution in [0.2, 0.25) is 0 Å². The first-order valence-electron chi connectivity index (χ1n) is 11.8. The highest BCUT2D eigenvalue weighted by molar-refractivity contribution is 7.80. The van der Waals surface area contributed by atoms with Gasteiger partial charge in [-0.15, -0.1) is 0 Å². The fourth-order valence-electron chi connectivity index (χ4n) is 3.84. The maximum absolute atomic E-state index is 13.5. The Bertz CT molecular complexity index is 1530. The van der Waals surface area contributed by atoms with Crippen LogP contribution in [0.3, 0.4) is 0 Å². The third kappa shape index (κ3) is 6.59. The van der Waals surface area contributed by atoms with Crippen LogP contribution in [-0.4, -0.2) is 47.6 Å². The molecule has 1 unspecified atom stereocenters. The summed E-state index contributed by atoms with van der Waals surface area (Å²) in [5.74, 6) is -2.52. The molecule has 4 aromatic rings. The average molecular weight is 556 g/mol. The molecule has 0 radical (unpaired) electrons. The third-order valence-electron chi connectivity index (χ3n) is 5.43. The number of carboxylic acid groups (broad SMARTS) is 1. The molecule has 0 saturated carbocycles. The summed E-state index contributed by atoms with van der Waals surface area (Å²) in [5, 5.41) is 14.4. The number of hydrogen-bond donors (Lipinski definition) is 2. The molecule has 39 heavy (non-hydrogen) atoms. The van der Waals surface area contributed by atoms with Crippen molar-refractivity contribution in [3.05, 3.63) is 83.8 Å². The van der Waals surface area contributed by atoms with E-state index in [1.807, 2.05) is 30.3 Å². The number of carbonyl (C=O) groups excluding carboxylic acids is 1. The number of anilines is 1. The van der Waals surface area contributed by atoms with E-state index < -0.39 is 41.2 Å². The van der Waals surface area contributed by atoms with Crippen LogP contribution < -0.4 is 9.04 Å². The summed E-state index contributed by atoms with van der Waals surface area (Å²) in [6, 6.07) is 15.6. The number of pyridine rings is 1. The standard InChI is InChI=1S/C27H26FN3O7S/c1-27(2,3)38-23(32)15-31(39(35)36)21-14-30-20(13-22(21)37-16-17-7-5-4-6-8-17)24(26(33)34)25(29-30)18-9-11-19(28)12-10-18/h4-14H,15-16H2,1-3H3,(H,33,34)(H,35,36). The molecule has 0 fully saturated rings. The van der Waals surface area contributed by atoms with Crippen molar-refractivity contribution in [3.8, 4) is 17.0 Å². The quantitative estimate of drug-likeness (QED) is 0.224. The highest BCUT2D eigenvalue weighted by Gasteiger charge is 2.28. The van der Waals surface area contributed by atoms with Gasteiger partial charge in [0, 0.05) is 11.6 Å². The predicted octanol–water partition coefficient (Wildman–Crippen LogP) is 4.70. The normalized spacial score (nSPS) is 12.2. The number of hydrogen-bond acceptors (Lipinski definition) is 6. The lowest BCUT2D eigenvalue weighted by atomic mass is 10.1. The number of rotatable bonds is 9. The van der Waals surface area contributed by atoms with Crippen LogP contribution in [-0.2, 0) is 27.4 Å². The maximum Gasteiger partial charge on any atom is 0.340 e. The first kappa shape index (κ1) is 27.7. The van der Waals surface area contributed by atoms with Crippen LogP contribution in [0.4, 0.5) is 10.1 Å². The number of fused-ring (bicyclic) bond motifs is 1. The fraction of sp³-hybridized carbons (Fsp3) is 0.222. The second-order valence-electron chi connectivity index (χ2n) is 9.52. The molecule has 2 N–H and O–H groups in total. The molecule has 10 nitrogen and oxygen atoms in total. The van der Waals surface area contributed by atoms with E-state index in [-0.39, 0.29) is 34.8 Å². The number of carbonyl (C=O) groups is 2. The van der Waals surface area contributed by atoms with Crippen molar-refractivity contribution in [1.82, 2.24) is 9.61 Å². The molecule has 2 aromatic heterocycles. The Morgan fingerprint density at radius 1 is 1.10 bits per heavy atom. The monoisotopic (exact) mass is 555 g/mol. The van der Waals surface area contributed by atoms with Crippen LogP contribution in [0.1, 0.15) is 36.7 Å². The zero-order valence-electron chi connectivity index (χ0n) is 21.3. The minimum atomic E-state index is -2.70. The van der Waals surface area contributed by atoms with Crippen LogP contribution in [0.25, 0.3) is 16.8 Å². The number of carboxylic acids is 1. The van der Waals surface area contributed by atoms with Crippen molar-refractivity contribution >= 4 is 34.4 Å². The SMILES string of the molecule is CC(C)(C)OC(=O)CN(c1cn2nc(-c3ccc(F)cc3)c(C(=O)O)c2cc1OCc1ccccc1)S(=O)O. The van der Waals surface area contributed by atoms with E-state index in [0.717, 1.165) is 9.87 Å². The lowest BCUT2D eigenvalue weighted by molar-refractivity contribution is -0.152. The Balaban J connectivity index is 1.87. The lowest BCUT2D eigenvalue weighted by Gasteiger charge is -2.25. The second-order valence-corrected chi connectivity index (χ2v) is 10.4. The minimum absolute atomic E-state index is 0.00443. The summed E-state index contributed by atoms with van der Waals surface area (Å²) in [5.41, 5.74) is 0.288. The van der Waals surface area contributed by atoms with Gasteiger partial charge in [0.1, 0.15) is 47.3 Å². The van der Waals surface area contributed by atoms with Crippen LogP contribution in [0.5, 0.6) is 5.75 Å². The third-order valence-corrected chi connectivity index (χ3v) is 6.13. The van der Waals surface area contributed by atoms with Crippen molar-refractivity contribution in [2.75, 3.05) is 10.8 Å². The van der Waals surface area contributed by atoms with Crippen molar-refractivity contribution in [2.45, 2.75) is 33.0 Å². The van der Waals surface area contributed by atoms with Gasteiger partial charge in [-0.1, -0.05) is 30.3 Å². The average Bonchev–Trinajstić information content (AvgIpc) is 3.24. The van der Waals surface area contributed by atoms with Gasteiger partial charge in [0.25, 0.3) is 11.3 Å². The van der Waals surface area contributed by atoms with Crippen molar-refractivity contribution in [1.29, 1.82) is 0 Å². The van der Waals surface area contributed by atoms with Crippen molar-refractivity contribution < 1.29 is 37.3 Å². The molecular weight excluding hydrogens is 529 g/mol. The Hall–Kier alpha value is -4.29. The number of aromatic carboxylic acids is 1. The molecule has 12 heteroatoms. The number of benzene rings is 2. The van der Waals surface area contributed by atoms with E-state index in [1.165, 1.54) is 41.0 Å². The van der Waals surface area contributed by atoms with Gasteiger partial charge >= 0.3 is 11.9 Å². The van der Waals surface area contributed by atoms with Gasteiger partial charge in [0.05, 0.1) is 11.7 Å². The zero-order valence-corrected chi connectivity index (χ0v) is 22.1. The van der Waals surface area contributed by atoms with Gasteiger partial charge in [0.15, 0.2) is 0 Å². The van der Waals surface area contributed by atoms with Gasteiger partial charge in [-0.05, 0) is 50.6 Å². The first-order chi connectivity index (χ1) is 18.4. The Labute approximate surface area is 226 Å². The highest BCUT2D eigenvalue weighted by Crippen LogP contribution is 2.35.